The van der Waals surface area contributed by atoms with Gasteiger partial charge in [0.25, 0.3) is 0 Å². The van der Waals surface area contributed by atoms with E-state index in [1.165, 1.54) is 12.8 Å². The van der Waals surface area contributed by atoms with E-state index in [-0.39, 0.29) is 0 Å². The smallest absolute Gasteiger partial charge is 0.225 e. The van der Waals surface area contributed by atoms with Crippen LogP contribution in [0.3, 0.4) is 0 Å². The van der Waals surface area contributed by atoms with Crippen LogP contribution in [0.1, 0.15) is 19.3 Å². The van der Waals surface area contributed by atoms with Crippen molar-refractivity contribution in [3.63, 3.8) is 0 Å². The molecule has 1 aliphatic carbocycles. The highest BCUT2D eigenvalue weighted by atomic mass is 15.3. The van der Waals surface area contributed by atoms with E-state index in [4.69, 9.17) is 5.26 Å². The van der Waals surface area contributed by atoms with E-state index < -0.39 is 0 Å². The van der Waals surface area contributed by atoms with E-state index in [1.54, 1.807) is 18.5 Å². The van der Waals surface area contributed by atoms with Crippen molar-refractivity contribution in [2.75, 3.05) is 11.4 Å². The normalized spacial score (nSPS) is 14.8. The minimum atomic E-state index is 0.536. The summed E-state index contributed by atoms with van der Waals surface area (Å²) in [5.41, 5.74) is 0. The molecule has 1 saturated carbocycles. The van der Waals surface area contributed by atoms with E-state index in [2.05, 4.69) is 20.9 Å². The summed E-state index contributed by atoms with van der Waals surface area (Å²) in [6, 6.07) is 4.52. The van der Waals surface area contributed by atoms with Crippen molar-refractivity contribution >= 4 is 5.95 Å². The number of anilines is 1. The van der Waals surface area contributed by atoms with Crippen LogP contribution in [0.4, 0.5) is 5.95 Å². The molecule has 0 aromatic carbocycles. The summed E-state index contributed by atoms with van der Waals surface area (Å²) in [6.07, 6.45) is 6.41. The zero-order valence-corrected chi connectivity index (χ0v) is 7.93. The van der Waals surface area contributed by atoms with Crippen LogP contribution >= 0.6 is 0 Å². The highest BCUT2D eigenvalue weighted by Gasteiger charge is 2.30. The van der Waals surface area contributed by atoms with Gasteiger partial charge in [-0.25, -0.2) is 9.97 Å². The fourth-order valence-electron chi connectivity index (χ4n) is 1.44. The molecule has 1 fully saturated rings. The Labute approximate surface area is 83.2 Å². The van der Waals surface area contributed by atoms with Gasteiger partial charge in [-0.05, 0) is 18.9 Å². The molecule has 0 bridgehead atoms. The molecule has 0 atom stereocenters. The highest BCUT2D eigenvalue weighted by molar-refractivity contribution is 5.33. The summed E-state index contributed by atoms with van der Waals surface area (Å²) in [5, 5.41) is 8.55. The molecule has 1 heterocycles. The number of hydrogen-bond donors (Lipinski definition) is 0. The SMILES string of the molecule is N#CCCN(c1ncccn1)C1CC1. The minimum absolute atomic E-state index is 0.536. The van der Waals surface area contributed by atoms with E-state index in [1.807, 2.05) is 0 Å². The van der Waals surface area contributed by atoms with Gasteiger partial charge in [0.05, 0.1) is 12.5 Å². The van der Waals surface area contributed by atoms with Crippen LogP contribution in [0.15, 0.2) is 18.5 Å². The first kappa shape index (κ1) is 8.95. The van der Waals surface area contributed by atoms with Gasteiger partial charge in [0.15, 0.2) is 0 Å². The van der Waals surface area contributed by atoms with Crippen LogP contribution in [0.25, 0.3) is 0 Å². The number of nitrogens with zero attached hydrogens (tertiary/aromatic N) is 4. The first-order valence-electron chi connectivity index (χ1n) is 4.82. The van der Waals surface area contributed by atoms with Crippen molar-refractivity contribution in [1.29, 1.82) is 5.26 Å². The molecule has 1 aromatic heterocycles. The lowest BCUT2D eigenvalue weighted by Crippen LogP contribution is -2.28. The van der Waals surface area contributed by atoms with Gasteiger partial charge in [0.2, 0.25) is 5.95 Å². The number of rotatable bonds is 4. The van der Waals surface area contributed by atoms with Crippen LogP contribution in [-0.4, -0.2) is 22.6 Å². The number of nitriles is 1. The Kier molecular flexibility index (Phi) is 2.59. The first-order chi connectivity index (χ1) is 6.92. The van der Waals surface area contributed by atoms with E-state index >= 15 is 0 Å². The van der Waals surface area contributed by atoms with Crippen LogP contribution in [0.2, 0.25) is 0 Å². The molecule has 14 heavy (non-hydrogen) atoms. The van der Waals surface area contributed by atoms with Crippen LogP contribution in [0, 0.1) is 11.3 Å². The summed E-state index contributed by atoms with van der Waals surface area (Å²) in [6.45, 7) is 0.741. The third-order valence-electron chi connectivity index (χ3n) is 2.26. The van der Waals surface area contributed by atoms with E-state index in [9.17, 15) is 0 Å². The molecule has 0 aliphatic heterocycles. The second-order valence-electron chi connectivity index (χ2n) is 3.38. The third kappa shape index (κ3) is 1.99. The maximum atomic E-state index is 8.55. The molecule has 0 unspecified atom stereocenters. The van der Waals surface area contributed by atoms with E-state index in [0.29, 0.717) is 12.5 Å². The summed E-state index contributed by atoms with van der Waals surface area (Å²) < 4.78 is 0. The molecule has 4 nitrogen and oxygen atoms in total. The standard InChI is InChI=1S/C10H12N4/c11-5-1-8-14(9-3-4-9)10-12-6-2-7-13-10/h2,6-7,9H,1,3-4,8H2. The molecule has 0 amide bonds. The van der Waals surface area contributed by atoms with Gasteiger partial charge in [0.1, 0.15) is 0 Å². The Morgan fingerprint density at radius 2 is 2.14 bits per heavy atom. The zero-order valence-electron chi connectivity index (χ0n) is 7.93. The second kappa shape index (κ2) is 4.05. The first-order valence-corrected chi connectivity index (χ1v) is 4.82. The lowest BCUT2D eigenvalue weighted by molar-refractivity contribution is 0.759. The summed E-state index contributed by atoms with van der Waals surface area (Å²) in [7, 11) is 0. The Bertz CT molecular complexity index is 326. The zero-order chi connectivity index (χ0) is 9.80. The average Bonchev–Trinajstić information content (AvgIpc) is 3.04. The molecule has 0 radical (unpaired) electrons. The van der Waals surface area contributed by atoms with Crippen molar-refractivity contribution in [3.8, 4) is 6.07 Å². The fraction of sp³-hybridized carbons (Fsp3) is 0.500. The summed E-state index contributed by atoms with van der Waals surface area (Å²) in [5.74, 6) is 0.755. The molecule has 4 heteroatoms. The van der Waals surface area contributed by atoms with Crippen LogP contribution in [0.5, 0.6) is 0 Å². The topological polar surface area (TPSA) is 52.8 Å². The van der Waals surface area contributed by atoms with Gasteiger partial charge in [0, 0.05) is 25.0 Å². The van der Waals surface area contributed by atoms with Crippen molar-refractivity contribution in [2.45, 2.75) is 25.3 Å². The number of aromatic nitrogens is 2. The van der Waals surface area contributed by atoms with Crippen LogP contribution in [-0.2, 0) is 0 Å². The molecule has 1 aromatic rings. The van der Waals surface area contributed by atoms with Crippen molar-refractivity contribution in [1.82, 2.24) is 9.97 Å². The van der Waals surface area contributed by atoms with Crippen molar-refractivity contribution < 1.29 is 0 Å². The Morgan fingerprint density at radius 1 is 1.43 bits per heavy atom. The fourth-order valence-corrected chi connectivity index (χ4v) is 1.44. The highest BCUT2D eigenvalue weighted by Crippen LogP contribution is 2.29. The van der Waals surface area contributed by atoms with Crippen molar-refractivity contribution in [3.05, 3.63) is 18.5 Å². The molecule has 0 saturated heterocycles. The Hall–Kier alpha value is -1.63. The summed E-state index contributed by atoms with van der Waals surface area (Å²) in [4.78, 5) is 10.5. The number of hydrogen-bond acceptors (Lipinski definition) is 4. The van der Waals surface area contributed by atoms with Gasteiger partial charge in [-0.2, -0.15) is 5.26 Å². The van der Waals surface area contributed by atoms with Crippen molar-refractivity contribution in [2.24, 2.45) is 0 Å². The average molecular weight is 188 g/mol. The van der Waals surface area contributed by atoms with Gasteiger partial charge >= 0.3 is 0 Å². The predicted molar refractivity (Wildman–Crippen MR) is 52.6 cm³/mol. The van der Waals surface area contributed by atoms with Crippen LogP contribution < -0.4 is 4.90 Å². The van der Waals surface area contributed by atoms with E-state index in [0.717, 1.165) is 12.5 Å². The maximum Gasteiger partial charge on any atom is 0.225 e. The Morgan fingerprint density at radius 3 is 2.71 bits per heavy atom. The monoisotopic (exact) mass is 188 g/mol. The minimum Gasteiger partial charge on any atom is -0.337 e. The Balaban J connectivity index is 2.07. The summed E-state index contributed by atoms with van der Waals surface area (Å²) >= 11 is 0. The maximum absolute atomic E-state index is 8.55. The lowest BCUT2D eigenvalue weighted by atomic mass is 10.4. The predicted octanol–water partition coefficient (Wildman–Crippen LogP) is 1.36. The van der Waals surface area contributed by atoms with Gasteiger partial charge < -0.3 is 4.90 Å². The van der Waals surface area contributed by atoms with Gasteiger partial charge in [-0.1, -0.05) is 0 Å². The third-order valence-corrected chi connectivity index (χ3v) is 2.26. The molecule has 1 aliphatic rings. The molecule has 2 rings (SSSR count). The second-order valence-corrected chi connectivity index (χ2v) is 3.38. The van der Waals surface area contributed by atoms with Gasteiger partial charge in [-0.15, -0.1) is 0 Å². The molecule has 72 valence electrons. The molecule has 0 N–H and O–H groups in total. The lowest BCUT2D eigenvalue weighted by Gasteiger charge is -2.20. The molecular formula is C10H12N4. The largest absolute Gasteiger partial charge is 0.337 e. The molecule has 0 spiro atoms. The van der Waals surface area contributed by atoms with Gasteiger partial charge in [-0.3, -0.25) is 0 Å². The molecular weight excluding hydrogens is 176 g/mol. The quantitative estimate of drug-likeness (QED) is 0.715.